The zero-order chi connectivity index (χ0) is 17.1. The SMILES string of the molecule is CCOc1cccc(-n2ccc(C3OCCN3c3ccccc3)c2)c1. The van der Waals surface area contributed by atoms with Gasteiger partial charge in [0.05, 0.1) is 13.2 Å². The van der Waals surface area contributed by atoms with Crippen molar-refractivity contribution in [3.05, 3.63) is 78.6 Å². The lowest BCUT2D eigenvalue weighted by molar-refractivity contribution is 0.114. The predicted octanol–water partition coefficient (Wildman–Crippen LogP) is 4.41. The second kappa shape index (κ2) is 7.03. The normalized spacial score (nSPS) is 17.0. The average Bonchev–Trinajstić information content (AvgIpc) is 3.32. The largest absolute Gasteiger partial charge is 0.494 e. The first-order chi connectivity index (χ1) is 12.3. The third-order valence-electron chi connectivity index (χ3n) is 4.41. The van der Waals surface area contributed by atoms with Crippen molar-refractivity contribution in [2.45, 2.75) is 13.2 Å². The third kappa shape index (κ3) is 3.26. The smallest absolute Gasteiger partial charge is 0.158 e. The molecule has 3 aromatic rings. The van der Waals surface area contributed by atoms with Crippen LogP contribution in [0.2, 0.25) is 0 Å². The number of anilines is 1. The van der Waals surface area contributed by atoms with E-state index in [-0.39, 0.29) is 6.23 Å². The van der Waals surface area contributed by atoms with Crippen molar-refractivity contribution in [1.29, 1.82) is 0 Å². The molecule has 2 aromatic carbocycles. The molecule has 0 N–H and O–H groups in total. The van der Waals surface area contributed by atoms with Crippen LogP contribution in [0.1, 0.15) is 18.7 Å². The molecular formula is C21H22N2O2. The van der Waals surface area contributed by atoms with Gasteiger partial charge in [-0.3, -0.25) is 0 Å². The molecule has 25 heavy (non-hydrogen) atoms. The van der Waals surface area contributed by atoms with Crippen LogP contribution in [0.25, 0.3) is 5.69 Å². The van der Waals surface area contributed by atoms with E-state index >= 15 is 0 Å². The summed E-state index contributed by atoms with van der Waals surface area (Å²) in [5, 5.41) is 0. The highest BCUT2D eigenvalue weighted by Crippen LogP contribution is 2.32. The molecule has 2 heterocycles. The molecule has 128 valence electrons. The lowest BCUT2D eigenvalue weighted by Gasteiger charge is -2.24. The van der Waals surface area contributed by atoms with Crippen molar-refractivity contribution in [2.75, 3.05) is 24.7 Å². The average molecular weight is 334 g/mol. The molecule has 1 aliphatic heterocycles. The summed E-state index contributed by atoms with van der Waals surface area (Å²) in [6.07, 6.45) is 4.17. The van der Waals surface area contributed by atoms with Gasteiger partial charge in [0.2, 0.25) is 0 Å². The molecule has 1 unspecified atom stereocenters. The Hall–Kier alpha value is -2.72. The predicted molar refractivity (Wildman–Crippen MR) is 99.4 cm³/mol. The summed E-state index contributed by atoms with van der Waals surface area (Å²) in [5.74, 6) is 0.887. The molecule has 0 aliphatic carbocycles. The summed E-state index contributed by atoms with van der Waals surface area (Å²) < 4.78 is 13.7. The number of ether oxygens (including phenoxy) is 2. The molecule has 4 nitrogen and oxygen atoms in total. The van der Waals surface area contributed by atoms with Gasteiger partial charge in [0.15, 0.2) is 6.23 Å². The van der Waals surface area contributed by atoms with E-state index in [1.165, 1.54) is 5.69 Å². The van der Waals surface area contributed by atoms with E-state index in [4.69, 9.17) is 9.47 Å². The molecule has 0 saturated carbocycles. The van der Waals surface area contributed by atoms with E-state index in [2.05, 4.69) is 64.3 Å². The Morgan fingerprint density at radius 1 is 1.04 bits per heavy atom. The standard InChI is InChI=1S/C21H22N2O2/c1-2-24-20-10-6-9-19(15-20)22-12-11-17(16-22)21-23(13-14-25-21)18-7-4-3-5-8-18/h3-12,15-16,21H,2,13-14H2,1H3. The van der Waals surface area contributed by atoms with E-state index in [1.807, 2.05) is 25.1 Å². The maximum atomic E-state index is 6.01. The number of hydrogen-bond donors (Lipinski definition) is 0. The maximum Gasteiger partial charge on any atom is 0.158 e. The van der Waals surface area contributed by atoms with Crippen molar-refractivity contribution >= 4 is 5.69 Å². The van der Waals surface area contributed by atoms with Crippen LogP contribution in [0, 0.1) is 0 Å². The molecule has 0 bridgehead atoms. The van der Waals surface area contributed by atoms with Gasteiger partial charge in [-0.05, 0) is 37.3 Å². The molecule has 4 heteroatoms. The minimum atomic E-state index is -0.0428. The number of hydrogen-bond acceptors (Lipinski definition) is 3. The molecule has 1 atom stereocenters. The molecule has 1 saturated heterocycles. The molecule has 0 spiro atoms. The quantitative estimate of drug-likeness (QED) is 0.691. The second-order valence-corrected chi connectivity index (χ2v) is 6.03. The Bertz CT molecular complexity index is 829. The molecule has 0 radical (unpaired) electrons. The lowest BCUT2D eigenvalue weighted by Crippen LogP contribution is -2.22. The van der Waals surface area contributed by atoms with E-state index in [1.54, 1.807) is 0 Å². The highest BCUT2D eigenvalue weighted by atomic mass is 16.5. The van der Waals surface area contributed by atoms with Crippen molar-refractivity contribution in [3.63, 3.8) is 0 Å². The Morgan fingerprint density at radius 2 is 1.88 bits per heavy atom. The van der Waals surface area contributed by atoms with Crippen LogP contribution in [0.15, 0.2) is 73.1 Å². The first-order valence-electron chi connectivity index (χ1n) is 8.69. The molecule has 1 fully saturated rings. The molecule has 1 aromatic heterocycles. The van der Waals surface area contributed by atoms with Gasteiger partial charge in [-0.15, -0.1) is 0 Å². The highest BCUT2D eigenvalue weighted by molar-refractivity contribution is 5.49. The van der Waals surface area contributed by atoms with Crippen molar-refractivity contribution < 1.29 is 9.47 Å². The van der Waals surface area contributed by atoms with E-state index in [9.17, 15) is 0 Å². The van der Waals surface area contributed by atoms with Gasteiger partial charge in [0.25, 0.3) is 0 Å². The molecular weight excluding hydrogens is 312 g/mol. The van der Waals surface area contributed by atoms with Crippen LogP contribution in [0.3, 0.4) is 0 Å². The van der Waals surface area contributed by atoms with Gasteiger partial charge in [-0.25, -0.2) is 0 Å². The van der Waals surface area contributed by atoms with Gasteiger partial charge >= 0.3 is 0 Å². The first-order valence-corrected chi connectivity index (χ1v) is 8.69. The number of nitrogens with zero attached hydrogens (tertiary/aromatic N) is 2. The van der Waals surface area contributed by atoms with E-state index in [0.717, 1.165) is 30.2 Å². The van der Waals surface area contributed by atoms with Crippen LogP contribution in [-0.4, -0.2) is 24.3 Å². The summed E-state index contributed by atoms with van der Waals surface area (Å²) in [5.41, 5.74) is 3.43. The molecule has 1 aliphatic rings. The highest BCUT2D eigenvalue weighted by Gasteiger charge is 2.27. The van der Waals surface area contributed by atoms with E-state index < -0.39 is 0 Å². The summed E-state index contributed by atoms with van der Waals surface area (Å²) in [6.45, 7) is 4.31. The minimum absolute atomic E-state index is 0.0428. The third-order valence-corrected chi connectivity index (χ3v) is 4.41. The number of rotatable bonds is 5. The first kappa shape index (κ1) is 15.8. The Balaban J connectivity index is 1.59. The Kier molecular flexibility index (Phi) is 4.44. The monoisotopic (exact) mass is 334 g/mol. The molecule has 0 amide bonds. The fourth-order valence-corrected chi connectivity index (χ4v) is 3.25. The Labute approximate surface area is 148 Å². The van der Waals surface area contributed by atoms with E-state index in [0.29, 0.717) is 6.61 Å². The summed E-state index contributed by atoms with van der Waals surface area (Å²) in [7, 11) is 0. The summed E-state index contributed by atoms with van der Waals surface area (Å²) >= 11 is 0. The summed E-state index contributed by atoms with van der Waals surface area (Å²) in [6, 6.07) is 20.7. The van der Waals surface area contributed by atoms with Crippen LogP contribution >= 0.6 is 0 Å². The van der Waals surface area contributed by atoms with Crippen LogP contribution < -0.4 is 9.64 Å². The zero-order valence-corrected chi connectivity index (χ0v) is 14.3. The lowest BCUT2D eigenvalue weighted by atomic mass is 10.2. The van der Waals surface area contributed by atoms with Gasteiger partial charge in [-0.2, -0.15) is 0 Å². The van der Waals surface area contributed by atoms with Crippen LogP contribution in [0.4, 0.5) is 5.69 Å². The molecule has 4 rings (SSSR count). The summed E-state index contributed by atoms with van der Waals surface area (Å²) in [4.78, 5) is 2.30. The van der Waals surface area contributed by atoms with Crippen molar-refractivity contribution in [2.24, 2.45) is 0 Å². The Morgan fingerprint density at radius 3 is 2.72 bits per heavy atom. The second-order valence-electron chi connectivity index (χ2n) is 6.03. The number of aromatic nitrogens is 1. The van der Waals surface area contributed by atoms with Gasteiger partial charge in [0.1, 0.15) is 5.75 Å². The van der Waals surface area contributed by atoms with Crippen LogP contribution in [0.5, 0.6) is 5.75 Å². The van der Waals surface area contributed by atoms with Crippen molar-refractivity contribution in [1.82, 2.24) is 4.57 Å². The van der Waals surface area contributed by atoms with Crippen LogP contribution in [-0.2, 0) is 4.74 Å². The van der Waals surface area contributed by atoms with Gasteiger partial charge in [-0.1, -0.05) is 24.3 Å². The van der Waals surface area contributed by atoms with Gasteiger partial charge < -0.3 is 18.9 Å². The zero-order valence-electron chi connectivity index (χ0n) is 14.3. The minimum Gasteiger partial charge on any atom is -0.494 e. The topological polar surface area (TPSA) is 26.6 Å². The fraction of sp³-hybridized carbons (Fsp3) is 0.238. The van der Waals surface area contributed by atoms with Gasteiger partial charge in [0, 0.05) is 41.9 Å². The van der Waals surface area contributed by atoms with Crippen molar-refractivity contribution in [3.8, 4) is 11.4 Å². The fourth-order valence-electron chi connectivity index (χ4n) is 3.25. The number of benzene rings is 2. The maximum absolute atomic E-state index is 6.01. The number of para-hydroxylation sites is 1.